The molecule has 5 aromatic rings. The number of nitro groups is 1. The summed E-state index contributed by atoms with van der Waals surface area (Å²) in [7, 11) is 0. The first-order chi connectivity index (χ1) is 17.5. The van der Waals surface area contributed by atoms with Crippen molar-refractivity contribution in [2.24, 2.45) is 5.10 Å². The van der Waals surface area contributed by atoms with Crippen LogP contribution in [0.4, 0.5) is 5.69 Å². The van der Waals surface area contributed by atoms with Gasteiger partial charge in [-0.1, -0.05) is 43.3 Å². The quantitative estimate of drug-likeness (QED) is 0.165. The van der Waals surface area contributed by atoms with Crippen molar-refractivity contribution < 1.29 is 14.1 Å². The molecule has 1 atom stereocenters. The second kappa shape index (κ2) is 9.46. The number of hydrogen-bond donors (Lipinski definition) is 0. The summed E-state index contributed by atoms with van der Waals surface area (Å²) in [5.74, 6) is 0.667. The molecule has 0 saturated carbocycles. The van der Waals surface area contributed by atoms with E-state index in [2.05, 4.69) is 10.1 Å². The number of nitrogens with zero attached hydrogens (tertiary/aromatic N) is 4. The third-order valence-electron chi connectivity index (χ3n) is 5.83. The van der Waals surface area contributed by atoms with Crippen molar-refractivity contribution in [1.82, 2.24) is 9.66 Å². The van der Waals surface area contributed by atoms with Crippen molar-refractivity contribution in [3.05, 3.63) is 98.8 Å². The molecule has 180 valence electrons. The van der Waals surface area contributed by atoms with Gasteiger partial charge in [0.1, 0.15) is 5.58 Å². The molecule has 0 amide bonds. The fraction of sp³-hybridized carbons (Fsp3) is 0.148. The average Bonchev–Trinajstić information content (AvgIpc) is 3.32. The van der Waals surface area contributed by atoms with Gasteiger partial charge in [-0.2, -0.15) is 9.78 Å². The number of hydrogen-bond acceptors (Lipinski definition) is 7. The number of nitro benzene ring substituents is 1. The highest BCUT2D eigenvalue weighted by atomic mass is 16.6. The minimum absolute atomic E-state index is 0.0904. The number of ether oxygens (including phenoxy) is 1. The van der Waals surface area contributed by atoms with E-state index in [0.29, 0.717) is 34.2 Å². The van der Waals surface area contributed by atoms with Crippen LogP contribution in [0.3, 0.4) is 0 Å². The summed E-state index contributed by atoms with van der Waals surface area (Å²) in [6, 6.07) is 20.8. The van der Waals surface area contributed by atoms with Crippen LogP contribution in [0.2, 0.25) is 0 Å². The number of benzene rings is 3. The standard InChI is InChI=1S/C27H22N4O5/c1-3-17(2)35-25-19(10-8-13-22(25)31(33)34)16-28-30-26(24-15-18-9-4-7-14-23(18)36-24)29-21-12-6-5-11-20(21)27(30)32/h4-17H,3H2,1-2H3/t17-/m1/s1. The number of furan rings is 1. The first-order valence-electron chi connectivity index (χ1n) is 11.5. The SMILES string of the molecule is CC[C@@H](C)Oc1c(C=Nn2c(-c3cc4ccccc4o3)nc3ccccc3c2=O)cccc1[N+](=O)[O-]. The number of fused-ring (bicyclic) bond motifs is 2. The van der Waals surface area contributed by atoms with Gasteiger partial charge in [0.25, 0.3) is 5.56 Å². The zero-order chi connectivity index (χ0) is 25.2. The van der Waals surface area contributed by atoms with Gasteiger partial charge in [-0.05, 0) is 43.7 Å². The Morgan fingerprint density at radius 2 is 1.92 bits per heavy atom. The number of para-hydroxylation sites is 3. The predicted octanol–water partition coefficient (Wildman–Crippen LogP) is 5.78. The number of rotatable bonds is 7. The Morgan fingerprint density at radius 1 is 1.14 bits per heavy atom. The first kappa shape index (κ1) is 23.0. The van der Waals surface area contributed by atoms with Crippen molar-refractivity contribution >= 4 is 33.8 Å². The molecule has 0 N–H and O–H groups in total. The smallest absolute Gasteiger partial charge is 0.311 e. The van der Waals surface area contributed by atoms with Gasteiger partial charge in [0.2, 0.25) is 11.6 Å². The van der Waals surface area contributed by atoms with Crippen LogP contribution < -0.4 is 10.3 Å². The molecular weight excluding hydrogens is 460 g/mol. The highest BCUT2D eigenvalue weighted by Crippen LogP contribution is 2.32. The van der Waals surface area contributed by atoms with Crippen LogP contribution in [0.25, 0.3) is 33.5 Å². The Labute approximate surface area is 205 Å². The summed E-state index contributed by atoms with van der Waals surface area (Å²) in [5.41, 5.74) is 0.928. The monoisotopic (exact) mass is 482 g/mol. The molecule has 0 bridgehead atoms. The molecule has 0 radical (unpaired) electrons. The van der Waals surface area contributed by atoms with Crippen LogP contribution in [0, 0.1) is 10.1 Å². The molecule has 0 aliphatic heterocycles. The minimum atomic E-state index is -0.501. The van der Waals surface area contributed by atoms with Crippen LogP contribution in [0.15, 0.2) is 87.1 Å². The predicted molar refractivity (Wildman–Crippen MR) is 138 cm³/mol. The van der Waals surface area contributed by atoms with Crippen LogP contribution in [0.5, 0.6) is 5.75 Å². The van der Waals surface area contributed by atoms with E-state index in [1.54, 1.807) is 42.5 Å². The van der Waals surface area contributed by atoms with E-state index in [1.165, 1.54) is 12.3 Å². The minimum Gasteiger partial charge on any atom is -0.483 e. The first-order valence-corrected chi connectivity index (χ1v) is 11.5. The molecule has 36 heavy (non-hydrogen) atoms. The normalized spacial score (nSPS) is 12.4. The lowest BCUT2D eigenvalue weighted by Crippen LogP contribution is -2.20. The second-order valence-corrected chi connectivity index (χ2v) is 8.25. The highest BCUT2D eigenvalue weighted by molar-refractivity contribution is 5.87. The lowest BCUT2D eigenvalue weighted by molar-refractivity contribution is -0.386. The maximum absolute atomic E-state index is 13.5. The van der Waals surface area contributed by atoms with Crippen LogP contribution in [-0.4, -0.2) is 26.9 Å². The summed E-state index contributed by atoms with van der Waals surface area (Å²) in [6.07, 6.45) is 1.77. The molecule has 0 saturated heterocycles. The lowest BCUT2D eigenvalue weighted by Gasteiger charge is -2.14. The van der Waals surface area contributed by atoms with E-state index < -0.39 is 10.5 Å². The summed E-state index contributed by atoms with van der Waals surface area (Å²) in [5, 5.41) is 17.3. The van der Waals surface area contributed by atoms with Crippen LogP contribution in [0.1, 0.15) is 25.8 Å². The molecule has 0 spiro atoms. The molecule has 9 heteroatoms. The van der Waals surface area contributed by atoms with E-state index in [1.807, 2.05) is 38.1 Å². The molecule has 0 aliphatic carbocycles. The molecular formula is C27H22N4O5. The molecule has 2 aromatic heterocycles. The molecule has 0 unspecified atom stereocenters. The summed E-state index contributed by atoms with van der Waals surface area (Å²) < 4.78 is 13.0. The summed E-state index contributed by atoms with van der Waals surface area (Å²) >= 11 is 0. The zero-order valence-electron chi connectivity index (χ0n) is 19.6. The molecule has 0 fully saturated rings. The van der Waals surface area contributed by atoms with Gasteiger partial charge in [-0.15, -0.1) is 0 Å². The van der Waals surface area contributed by atoms with Crippen molar-refractivity contribution in [2.45, 2.75) is 26.4 Å². The fourth-order valence-electron chi connectivity index (χ4n) is 3.80. The highest BCUT2D eigenvalue weighted by Gasteiger charge is 2.21. The van der Waals surface area contributed by atoms with Gasteiger partial charge in [0.15, 0.2) is 5.76 Å². The summed E-state index contributed by atoms with van der Waals surface area (Å²) in [4.78, 5) is 29.3. The molecule has 0 aliphatic rings. The van der Waals surface area contributed by atoms with Gasteiger partial charge < -0.3 is 9.15 Å². The lowest BCUT2D eigenvalue weighted by atomic mass is 10.2. The van der Waals surface area contributed by atoms with Crippen molar-refractivity contribution in [3.63, 3.8) is 0 Å². The Kier molecular flexibility index (Phi) is 6.03. The van der Waals surface area contributed by atoms with Crippen LogP contribution in [-0.2, 0) is 0 Å². The zero-order valence-corrected chi connectivity index (χ0v) is 19.6. The molecule has 2 heterocycles. The Bertz CT molecular complexity index is 1650. The third-order valence-corrected chi connectivity index (χ3v) is 5.83. The Hall–Kier alpha value is -4.79. The van der Waals surface area contributed by atoms with Crippen molar-refractivity contribution in [1.29, 1.82) is 0 Å². The van der Waals surface area contributed by atoms with Gasteiger partial charge in [-0.3, -0.25) is 14.9 Å². The van der Waals surface area contributed by atoms with Gasteiger partial charge in [-0.25, -0.2) is 4.98 Å². The topological polar surface area (TPSA) is 113 Å². The fourth-order valence-corrected chi connectivity index (χ4v) is 3.80. The van der Waals surface area contributed by atoms with E-state index in [9.17, 15) is 14.9 Å². The second-order valence-electron chi connectivity index (χ2n) is 8.25. The molecule has 5 rings (SSSR count). The van der Waals surface area contributed by atoms with E-state index in [0.717, 1.165) is 10.1 Å². The average molecular weight is 482 g/mol. The van der Waals surface area contributed by atoms with Crippen molar-refractivity contribution in [3.8, 4) is 17.3 Å². The van der Waals surface area contributed by atoms with Crippen LogP contribution >= 0.6 is 0 Å². The molecule has 3 aromatic carbocycles. The van der Waals surface area contributed by atoms with Gasteiger partial charge in [0.05, 0.1) is 28.1 Å². The maximum Gasteiger partial charge on any atom is 0.311 e. The van der Waals surface area contributed by atoms with E-state index in [4.69, 9.17) is 9.15 Å². The third kappa shape index (κ3) is 4.22. The van der Waals surface area contributed by atoms with Crippen molar-refractivity contribution in [2.75, 3.05) is 0 Å². The molecule has 9 nitrogen and oxygen atoms in total. The van der Waals surface area contributed by atoms with E-state index in [-0.39, 0.29) is 23.4 Å². The largest absolute Gasteiger partial charge is 0.483 e. The Balaban J connectivity index is 1.70. The van der Waals surface area contributed by atoms with E-state index >= 15 is 0 Å². The number of aromatic nitrogens is 2. The van der Waals surface area contributed by atoms with Gasteiger partial charge in [0, 0.05) is 17.0 Å². The maximum atomic E-state index is 13.5. The van der Waals surface area contributed by atoms with Gasteiger partial charge >= 0.3 is 5.69 Å². The Morgan fingerprint density at radius 3 is 2.69 bits per heavy atom. The summed E-state index contributed by atoms with van der Waals surface area (Å²) in [6.45, 7) is 3.75.